The fraction of sp³-hybridized carbons (Fsp3) is 0.448. The minimum absolute atomic E-state index is 0.0371. The Bertz CT molecular complexity index is 1360. The number of hydroxylamine groups is 1. The molecule has 0 bridgehead atoms. The molecule has 3 aromatic rings. The third-order valence-corrected chi connectivity index (χ3v) is 7.80. The van der Waals surface area contributed by atoms with Crippen LogP contribution in [-0.2, 0) is 4.79 Å². The summed E-state index contributed by atoms with van der Waals surface area (Å²) < 4.78 is 66.8. The molecule has 1 amide bonds. The Labute approximate surface area is 235 Å². The summed E-state index contributed by atoms with van der Waals surface area (Å²) in [5.41, 5.74) is 2.48. The molecule has 2 heterocycles. The molecule has 1 fully saturated rings. The number of rotatable bonds is 11. The van der Waals surface area contributed by atoms with Gasteiger partial charge in [-0.25, -0.2) is 23.0 Å². The van der Waals surface area contributed by atoms with E-state index in [1.165, 1.54) is 7.11 Å². The quantitative estimate of drug-likeness (QED) is 0.140. The Morgan fingerprint density at radius 2 is 1.83 bits per heavy atom. The highest BCUT2D eigenvalue weighted by molar-refractivity contribution is 5.88. The normalized spacial score (nSPS) is 15.9. The van der Waals surface area contributed by atoms with E-state index in [1.54, 1.807) is 34.8 Å². The summed E-state index contributed by atoms with van der Waals surface area (Å²) in [4.78, 5) is 21.1. The summed E-state index contributed by atoms with van der Waals surface area (Å²) in [6, 6.07) is 6.85. The van der Waals surface area contributed by atoms with Gasteiger partial charge < -0.3 is 14.4 Å². The number of pyridine rings is 1. The fourth-order valence-corrected chi connectivity index (χ4v) is 5.36. The number of nitrogens with zero attached hydrogens (tertiary/aromatic N) is 3. The zero-order valence-corrected chi connectivity index (χ0v) is 23.2. The van der Waals surface area contributed by atoms with Crippen LogP contribution in [0.25, 0.3) is 10.9 Å². The molecule has 222 valence electrons. The summed E-state index contributed by atoms with van der Waals surface area (Å²) >= 11 is 0. The highest BCUT2D eigenvalue weighted by Crippen LogP contribution is 2.43. The molecule has 0 saturated carbocycles. The van der Waals surface area contributed by atoms with Crippen LogP contribution in [0.3, 0.4) is 0 Å². The Hall–Kier alpha value is -3.64. The number of hydrogen-bond acceptors (Lipinski definition) is 7. The van der Waals surface area contributed by atoms with E-state index in [-0.39, 0.29) is 25.2 Å². The minimum Gasteiger partial charge on any atom is -0.497 e. The van der Waals surface area contributed by atoms with E-state index in [1.807, 2.05) is 19.0 Å². The summed E-state index contributed by atoms with van der Waals surface area (Å²) in [7, 11) is 5.15. The van der Waals surface area contributed by atoms with Crippen LogP contribution in [0.1, 0.15) is 37.4 Å². The molecule has 0 aliphatic carbocycles. The highest BCUT2D eigenvalue weighted by atomic mass is 19.2. The number of anilines is 1. The number of alkyl halides is 1. The van der Waals surface area contributed by atoms with E-state index < -0.39 is 34.9 Å². The summed E-state index contributed by atoms with van der Waals surface area (Å²) in [6.45, 7) is 1.39. The number of fused-ring (bicyclic) bond motifs is 1. The molecule has 1 aliphatic rings. The van der Waals surface area contributed by atoms with Crippen molar-refractivity contribution in [1.29, 1.82) is 0 Å². The first-order valence-corrected chi connectivity index (χ1v) is 13.3. The first kappa shape index (κ1) is 30.3. The van der Waals surface area contributed by atoms with Crippen molar-refractivity contribution in [2.45, 2.75) is 31.9 Å². The van der Waals surface area contributed by atoms with Gasteiger partial charge >= 0.3 is 0 Å². The van der Waals surface area contributed by atoms with Crippen LogP contribution >= 0.6 is 0 Å². The van der Waals surface area contributed by atoms with Crippen molar-refractivity contribution in [2.75, 3.05) is 52.3 Å². The molecule has 2 N–H and O–H groups in total. The maximum Gasteiger partial charge on any atom is 0.249 e. The van der Waals surface area contributed by atoms with Gasteiger partial charge in [0.15, 0.2) is 17.5 Å². The van der Waals surface area contributed by atoms with Gasteiger partial charge in [-0.1, -0.05) is 0 Å². The Balaban J connectivity index is 1.43. The number of carbonyl (C=O) groups excluding carboxylic acids is 1. The average molecular weight is 579 g/mol. The lowest BCUT2D eigenvalue weighted by molar-refractivity contribution is -0.143. The number of hydrogen-bond donors (Lipinski definition) is 2. The molecular weight excluding hydrogens is 544 g/mol. The zero-order valence-electron chi connectivity index (χ0n) is 23.2. The van der Waals surface area contributed by atoms with E-state index in [0.717, 1.165) is 12.1 Å². The van der Waals surface area contributed by atoms with E-state index in [9.17, 15) is 23.2 Å². The minimum atomic E-state index is -1.56. The van der Waals surface area contributed by atoms with Gasteiger partial charge in [0, 0.05) is 43.7 Å². The van der Waals surface area contributed by atoms with Crippen molar-refractivity contribution >= 4 is 22.5 Å². The topological polar surface area (TPSA) is 87.2 Å². The molecule has 0 radical (unpaired) electrons. The van der Waals surface area contributed by atoms with Crippen molar-refractivity contribution in [1.82, 2.24) is 15.4 Å². The number of benzene rings is 2. The molecule has 1 aromatic heterocycles. The standard InChI is InChI=1S/C29H34F4N4O4/c1-36(2)25-17-34-24-5-4-18(40-3)14-20(24)26(25)21(30)6-7-29(28(38)35-39)8-10-37(11-9-29)12-13-41-19-15-22(31)27(33)23(32)16-19/h4-5,14-17,21,39H,6-13H2,1-3H3,(H,35,38)/t21-/m1/s1. The molecule has 4 rings (SSSR count). The van der Waals surface area contributed by atoms with Gasteiger partial charge in [-0.15, -0.1) is 0 Å². The molecule has 0 unspecified atom stereocenters. The molecule has 2 aromatic carbocycles. The average Bonchev–Trinajstić information content (AvgIpc) is 2.97. The van der Waals surface area contributed by atoms with Crippen molar-refractivity contribution < 1.29 is 37.0 Å². The van der Waals surface area contributed by atoms with Gasteiger partial charge in [-0.3, -0.25) is 19.9 Å². The number of halogens is 4. The number of ether oxygens (including phenoxy) is 2. The van der Waals surface area contributed by atoms with Gasteiger partial charge in [0.2, 0.25) is 5.91 Å². The SMILES string of the molecule is COc1ccc2ncc(N(C)C)c([C@H](F)CCC3(C(=O)NO)CCN(CCOc4cc(F)c(F)c(F)c4)CC3)c2c1. The number of carbonyl (C=O) groups is 1. The summed E-state index contributed by atoms with van der Waals surface area (Å²) in [5.74, 6) is -4.34. The zero-order chi connectivity index (χ0) is 29.7. The van der Waals surface area contributed by atoms with Crippen LogP contribution in [0.5, 0.6) is 11.5 Å². The third-order valence-electron chi connectivity index (χ3n) is 7.80. The Morgan fingerprint density at radius 3 is 2.44 bits per heavy atom. The molecule has 1 aliphatic heterocycles. The smallest absolute Gasteiger partial charge is 0.249 e. The molecule has 1 atom stereocenters. The Kier molecular flexibility index (Phi) is 9.54. The lowest BCUT2D eigenvalue weighted by Crippen LogP contribution is -2.49. The van der Waals surface area contributed by atoms with Crippen molar-refractivity contribution in [3.63, 3.8) is 0 Å². The number of methoxy groups -OCH3 is 1. The van der Waals surface area contributed by atoms with E-state index in [4.69, 9.17) is 9.47 Å². The van der Waals surface area contributed by atoms with E-state index in [0.29, 0.717) is 60.4 Å². The number of piperidine rings is 1. The molecule has 41 heavy (non-hydrogen) atoms. The number of aromatic nitrogens is 1. The predicted octanol–water partition coefficient (Wildman–Crippen LogP) is 5.18. The van der Waals surface area contributed by atoms with Gasteiger partial charge in [-0.2, -0.15) is 0 Å². The van der Waals surface area contributed by atoms with Gasteiger partial charge in [0.1, 0.15) is 24.3 Å². The van der Waals surface area contributed by atoms with Crippen LogP contribution in [-0.4, -0.2) is 68.4 Å². The lowest BCUT2D eigenvalue weighted by Gasteiger charge is -2.40. The maximum absolute atomic E-state index is 16.1. The fourth-order valence-electron chi connectivity index (χ4n) is 5.36. The predicted molar refractivity (Wildman–Crippen MR) is 146 cm³/mol. The van der Waals surface area contributed by atoms with Crippen LogP contribution in [0.2, 0.25) is 0 Å². The van der Waals surface area contributed by atoms with Crippen molar-refractivity contribution in [3.05, 3.63) is 59.5 Å². The first-order valence-electron chi connectivity index (χ1n) is 13.3. The summed E-state index contributed by atoms with van der Waals surface area (Å²) in [5, 5.41) is 10.1. The first-order chi connectivity index (χ1) is 19.6. The molecule has 0 spiro atoms. The van der Waals surface area contributed by atoms with Crippen molar-refractivity contribution in [3.8, 4) is 11.5 Å². The van der Waals surface area contributed by atoms with Crippen LogP contribution in [0.15, 0.2) is 36.5 Å². The van der Waals surface area contributed by atoms with Gasteiger partial charge in [0.25, 0.3) is 0 Å². The number of amides is 1. The molecule has 8 nitrogen and oxygen atoms in total. The second-order valence-electron chi connectivity index (χ2n) is 10.5. The largest absolute Gasteiger partial charge is 0.497 e. The second kappa shape index (κ2) is 12.9. The lowest BCUT2D eigenvalue weighted by atomic mass is 9.73. The molecule has 1 saturated heterocycles. The summed E-state index contributed by atoms with van der Waals surface area (Å²) in [6.07, 6.45) is 1.16. The number of nitrogens with one attached hydrogen (secondary N) is 1. The van der Waals surface area contributed by atoms with Crippen LogP contribution in [0, 0.1) is 22.9 Å². The molecule has 12 heteroatoms. The van der Waals surface area contributed by atoms with E-state index >= 15 is 4.39 Å². The van der Waals surface area contributed by atoms with Gasteiger partial charge in [-0.05, 0) is 57.0 Å². The third kappa shape index (κ3) is 6.65. The number of likely N-dealkylation sites (tertiary alicyclic amines) is 1. The Morgan fingerprint density at radius 1 is 1.15 bits per heavy atom. The monoisotopic (exact) mass is 578 g/mol. The van der Waals surface area contributed by atoms with Gasteiger partial charge in [0.05, 0.1) is 29.9 Å². The second-order valence-corrected chi connectivity index (χ2v) is 10.5. The highest BCUT2D eigenvalue weighted by Gasteiger charge is 2.41. The van der Waals surface area contributed by atoms with Crippen LogP contribution in [0.4, 0.5) is 23.2 Å². The van der Waals surface area contributed by atoms with Crippen LogP contribution < -0.4 is 19.9 Å². The van der Waals surface area contributed by atoms with E-state index in [2.05, 4.69) is 4.98 Å². The maximum atomic E-state index is 16.1. The molecular formula is C29H34F4N4O4. The van der Waals surface area contributed by atoms with Crippen molar-refractivity contribution in [2.24, 2.45) is 5.41 Å².